The van der Waals surface area contributed by atoms with Crippen LogP contribution in [0.5, 0.6) is 5.75 Å². The number of ether oxygens (including phenoxy) is 5. The molecule has 3 aliphatic heterocycles. The van der Waals surface area contributed by atoms with Crippen molar-refractivity contribution >= 4 is 53.8 Å². The first-order valence-electron chi connectivity index (χ1n) is 17.7. The third-order valence-corrected chi connectivity index (χ3v) is 11.1. The fourth-order valence-corrected chi connectivity index (χ4v) is 7.23. The van der Waals surface area contributed by atoms with Gasteiger partial charge in [-0.25, -0.2) is 9.59 Å². The Morgan fingerprint density at radius 2 is 1.94 bits per heavy atom. The van der Waals surface area contributed by atoms with Gasteiger partial charge in [0.2, 0.25) is 11.8 Å². The molecule has 0 saturated carbocycles. The van der Waals surface area contributed by atoms with Crippen LogP contribution >= 0.6 is 24.2 Å². The summed E-state index contributed by atoms with van der Waals surface area (Å²) in [4.78, 5) is 56.5. The molecule has 3 amide bonds. The SMILES string of the molecule is COc1cc2cc(c1Cl)N(C)C(=O)C[C@H](OC(=O)[C@H](C)N(C)C(=O)CCC(C)(C)S)[C@]1(C)O[C@H]1[C@H](C)[C@@H]1C[C@@](O)(NC(=O)O1)[C@H](OC)/C=C\C=C(\C)C2. The molecule has 15 heteroatoms. The molecule has 2 saturated heterocycles. The van der Waals surface area contributed by atoms with Gasteiger partial charge in [-0.3, -0.25) is 14.9 Å². The van der Waals surface area contributed by atoms with E-state index in [9.17, 15) is 24.3 Å². The van der Waals surface area contributed by atoms with Crippen molar-refractivity contribution in [1.82, 2.24) is 10.2 Å². The highest BCUT2D eigenvalue weighted by Crippen LogP contribution is 2.49. The number of carbonyl (C=O) groups excluding carboxylic acids is 4. The Labute approximate surface area is 322 Å². The van der Waals surface area contributed by atoms with Gasteiger partial charge in [-0.05, 0) is 51.3 Å². The first-order valence-corrected chi connectivity index (χ1v) is 18.5. The van der Waals surface area contributed by atoms with Gasteiger partial charge in [-0.15, -0.1) is 0 Å². The number of hydrogen-bond acceptors (Lipinski definition) is 11. The second kappa shape index (κ2) is 16.6. The summed E-state index contributed by atoms with van der Waals surface area (Å²) in [6, 6.07) is 2.60. The summed E-state index contributed by atoms with van der Waals surface area (Å²) >= 11 is 11.3. The first-order chi connectivity index (χ1) is 24.6. The minimum Gasteiger partial charge on any atom is -0.495 e. The Balaban J connectivity index is 1.74. The van der Waals surface area contributed by atoms with E-state index in [-0.39, 0.29) is 34.9 Å². The molecule has 0 spiro atoms. The minimum atomic E-state index is -1.83. The van der Waals surface area contributed by atoms with Gasteiger partial charge in [0.05, 0.1) is 25.3 Å². The summed E-state index contributed by atoms with van der Waals surface area (Å²) in [7, 11) is 6.02. The van der Waals surface area contributed by atoms with E-state index in [0.29, 0.717) is 24.3 Å². The molecule has 3 aliphatic rings. The predicted octanol–water partition coefficient (Wildman–Crippen LogP) is 5.00. The van der Waals surface area contributed by atoms with Gasteiger partial charge in [-0.1, -0.05) is 56.2 Å². The molecule has 0 aliphatic carbocycles. The quantitative estimate of drug-likeness (QED) is 0.187. The molecule has 1 aromatic rings. The number of nitrogens with one attached hydrogen (secondary N) is 1. The van der Waals surface area contributed by atoms with Crippen LogP contribution in [0.25, 0.3) is 0 Å². The monoisotopic (exact) mass is 779 g/mol. The smallest absolute Gasteiger partial charge is 0.409 e. The van der Waals surface area contributed by atoms with E-state index in [2.05, 4.69) is 17.9 Å². The van der Waals surface area contributed by atoms with E-state index in [1.54, 1.807) is 52.1 Å². The number of aliphatic hydroxyl groups is 1. The van der Waals surface area contributed by atoms with Crippen molar-refractivity contribution in [3.63, 3.8) is 0 Å². The summed E-state index contributed by atoms with van der Waals surface area (Å²) in [6.07, 6.45) is 1.61. The van der Waals surface area contributed by atoms with Gasteiger partial charge in [0, 0.05) is 44.7 Å². The minimum absolute atomic E-state index is 0.0509. The van der Waals surface area contributed by atoms with Crippen molar-refractivity contribution in [2.75, 3.05) is 33.2 Å². The molecule has 1 aromatic carbocycles. The highest BCUT2D eigenvalue weighted by molar-refractivity contribution is 7.81. The molecular formula is C38H54ClN3O10S. The molecule has 0 unspecified atom stereocenters. The number of carbonyl (C=O) groups is 4. The lowest BCUT2D eigenvalue weighted by atomic mass is 9.83. The average Bonchev–Trinajstić information content (AvgIpc) is 3.78. The lowest BCUT2D eigenvalue weighted by Crippen LogP contribution is -2.63. The fraction of sp³-hybridized carbons (Fsp3) is 0.632. The second-order valence-electron chi connectivity index (χ2n) is 15.2. The van der Waals surface area contributed by atoms with Crippen LogP contribution in [0.3, 0.4) is 0 Å². The van der Waals surface area contributed by atoms with Crippen molar-refractivity contribution in [2.45, 2.75) is 120 Å². The number of allylic oxidation sites excluding steroid dienone is 3. The standard InChI is InChI=1S/C38H54ClN3O10S/c1-21-12-11-13-28(49-10)38(47)20-27(50-35(46)40-38)22(2)33-37(6,52-33)29(51-34(45)23(3)41(7)30(43)14-15-36(4,5)53)19-31(44)42(8)25-17-24(16-21)18-26(48-9)32(25)39/h11-13,17-18,22-23,27-29,33,47,53H,14-16,19-20H2,1-10H3,(H,40,46)/b13-11-,21-12-/t22-,23+,27+,28-,29+,33+,37+,38+/m1/s1. The summed E-state index contributed by atoms with van der Waals surface area (Å²) in [6.45, 7) is 10.8. The lowest BCUT2D eigenvalue weighted by Gasteiger charge is -2.42. The second-order valence-corrected chi connectivity index (χ2v) is 16.8. The maximum absolute atomic E-state index is 14.1. The van der Waals surface area contributed by atoms with Crippen molar-refractivity contribution in [2.24, 2.45) is 5.92 Å². The van der Waals surface area contributed by atoms with Crippen LogP contribution < -0.4 is 15.0 Å². The Morgan fingerprint density at radius 3 is 2.57 bits per heavy atom. The average molecular weight is 780 g/mol. The molecular weight excluding hydrogens is 726 g/mol. The third kappa shape index (κ3) is 9.88. The maximum atomic E-state index is 14.1. The zero-order valence-corrected chi connectivity index (χ0v) is 33.9. The summed E-state index contributed by atoms with van der Waals surface area (Å²) in [5.74, 6) is -1.58. The Hall–Kier alpha value is -3.30. The van der Waals surface area contributed by atoms with E-state index in [1.807, 2.05) is 26.8 Å². The molecule has 0 radical (unpaired) electrons. The molecule has 8 atom stereocenters. The van der Waals surface area contributed by atoms with Crippen LogP contribution in [0, 0.1) is 5.92 Å². The Kier molecular flexibility index (Phi) is 13.3. The number of anilines is 1. The van der Waals surface area contributed by atoms with E-state index in [4.69, 9.17) is 35.3 Å². The number of alkyl carbamates (subject to hydrolysis) is 1. The van der Waals surface area contributed by atoms with Gasteiger partial charge in [0.15, 0.2) is 5.72 Å². The normalized spacial score (nSPS) is 31.5. The number of likely N-dealkylation sites (N-methyl/N-ethyl adjacent to an activating group) is 1. The first kappa shape index (κ1) is 42.4. The topological polar surface area (TPSA) is 156 Å². The van der Waals surface area contributed by atoms with Crippen molar-refractivity contribution in [1.29, 1.82) is 0 Å². The number of hydrogen-bond donors (Lipinski definition) is 3. The van der Waals surface area contributed by atoms with Gasteiger partial charge >= 0.3 is 12.1 Å². The molecule has 2 fully saturated rings. The molecule has 53 heavy (non-hydrogen) atoms. The number of fused-ring (bicyclic) bond motifs is 5. The number of epoxide rings is 1. The van der Waals surface area contributed by atoms with E-state index in [0.717, 1.165) is 11.1 Å². The highest BCUT2D eigenvalue weighted by Gasteiger charge is 2.64. The van der Waals surface area contributed by atoms with E-state index < -0.39 is 65.7 Å². The molecule has 2 N–H and O–H groups in total. The maximum Gasteiger partial charge on any atom is 0.409 e. The van der Waals surface area contributed by atoms with Crippen LogP contribution in [0.15, 0.2) is 35.9 Å². The van der Waals surface area contributed by atoms with Gasteiger partial charge < -0.3 is 38.6 Å². The van der Waals surface area contributed by atoms with Crippen molar-refractivity contribution in [3.05, 3.63) is 46.5 Å². The third-order valence-electron chi connectivity index (χ3n) is 10.5. The Bertz CT molecular complexity index is 1630. The van der Waals surface area contributed by atoms with E-state index in [1.165, 1.54) is 31.1 Å². The van der Waals surface area contributed by atoms with Gasteiger partial charge in [0.25, 0.3) is 0 Å². The Morgan fingerprint density at radius 1 is 1.26 bits per heavy atom. The number of amides is 3. The zero-order valence-electron chi connectivity index (χ0n) is 32.2. The van der Waals surface area contributed by atoms with Crippen molar-refractivity contribution in [3.8, 4) is 5.75 Å². The van der Waals surface area contributed by atoms with Crippen LogP contribution in [0.1, 0.15) is 72.8 Å². The summed E-state index contributed by atoms with van der Waals surface area (Å²) in [5, 5.41) is 14.5. The van der Waals surface area contributed by atoms with Crippen molar-refractivity contribution < 1.29 is 48.0 Å². The molecule has 294 valence electrons. The fourth-order valence-electron chi connectivity index (χ4n) is 6.81. The largest absolute Gasteiger partial charge is 0.495 e. The number of benzene rings is 1. The van der Waals surface area contributed by atoms with Gasteiger partial charge in [-0.2, -0.15) is 12.6 Å². The highest BCUT2D eigenvalue weighted by atomic mass is 35.5. The summed E-state index contributed by atoms with van der Waals surface area (Å²) in [5.41, 5.74) is -0.916. The lowest BCUT2D eigenvalue weighted by molar-refractivity contribution is -0.162. The number of methoxy groups -OCH3 is 2. The molecule has 3 heterocycles. The van der Waals surface area contributed by atoms with Crippen LogP contribution in [0.2, 0.25) is 5.02 Å². The molecule has 4 rings (SSSR count). The predicted molar refractivity (Wildman–Crippen MR) is 203 cm³/mol. The number of nitrogens with zero attached hydrogens (tertiary/aromatic N) is 2. The molecule has 4 bridgehead atoms. The number of rotatable bonds is 8. The van der Waals surface area contributed by atoms with Crippen LogP contribution in [0.4, 0.5) is 10.5 Å². The number of esters is 1. The number of thiol groups is 1. The zero-order chi connectivity index (χ0) is 39.6. The van der Waals surface area contributed by atoms with E-state index >= 15 is 0 Å². The summed E-state index contributed by atoms with van der Waals surface area (Å²) < 4.78 is 28.8. The number of halogens is 1. The molecule has 0 aromatic heterocycles. The molecule has 13 nitrogen and oxygen atoms in total. The van der Waals surface area contributed by atoms with Crippen LogP contribution in [-0.2, 0) is 39.8 Å². The van der Waals surface area contributed by atoms with Crippen LogP contribution in [-0.4, -0.2) is 109 Å². The van der Waals surface area contributed by atoms with Gasteiger partial charge in [0.1, 0.15) is 40.7 Å².